The molecule has 0 unspecified atom stereocenters. The molecule has 2 N–H and O–H groups in total. The average molecular weight is 419 g/mol. The molecule has 0 aliphatic rings. The second kappa shape index (κ2) is 7.28. The molecule has 0 saturated carbocycles. The number of rotatable bonds is 4. The fourth-order valence-corrected chi connectivity index (χ4v) is 3.77. The fraction of sp³-hybridized carbons (Fsp3) is 0.0417. The number of nitrogens with one attached hydrogen (secondary N) is 2. The van der Waals surface area contributed by atoms with Crippen molar-refractivity contribution in [1.82, 2.24) is 35.1 Å². The molecule has 6 rings (SSSR count). The zero-order valence-electron chi connectivity index (χ0n) is 17.1. The topological polar surface area (TPSA) is 105 Å². The van der Waals surface area contributed by atoms with Crippen LogP contribution in [0.3, 0.4) is 0 Å². The van der Waals surface area contributed by atoms with Gasteiger partial charge in [0.25, 0.3) is 0 Å². The summed E-state index contributed by atoms with van der Waals surface area (Å²) in [6.07, 6.45) is 5.32. The van der Waals surface area contributed by atoms with E-state index in [0.717, 1.165) is 50.3 Å². The number of imidazole rings is 1. The maximum atomic E-state index is 5.37. The third-order valence-electron chi connectivity index (χ3n) is 5.33. The number of fused-ring (bicyclic) bond motifs is 2. The molecule has 1 aromatic carbocycles. The Balaban J connectivity index is 1.50. The lowest BCUT2D eigenvalue weighted by Crippen LogP contribution is -1.88. The van der Waals surface area contributed by atoms with Crippen molar-refractivity contribution in [2.75, 3.05) is 7.11 Å². The predicted octanol–water partition coefficient (Wildman–Crippen LogP) is 4.63. The summed E-state index contributed by atoms with van der Waals surface area (Å²) < 4.78 is 5.37. The number of H-pyrrole nitrogens is 2. The number of aromatic nitrogens is 7. The highest BCUT2D eigenvalue weighted by atomic mass is 16.5. The van der Waals surface area contributed by atoms with E-state index in [9.17, 15) is 0 Å². The van der Waals surface area contributed by atoms with Crippen LogP contribution in [0.4, 0.5) is 0 Å². The van der Waals surface area contributed by atoms with Crippen molar-refractivity contribution in [3.05, 3.63) is 73.2 Å². The first-order valence-corrected chi connectivity index (χ1v) is 10.1. The van der Waals surface area contributed by atoms with Crippen LogP contribution < -0.4 is 4.74 Å². The summed E-state index contributed by atoms with van der Waals surface area (Å²) in [7, 11) is 1.65. The quantitative estimate of drug-likeness (QED) is 0.431. The Morgan fingerprint density at radius 2 is 1.81 bits per heavy atom. The summed E-state index contributed by atoms with van der Waals surface area (Å²) in [5.74, 6) is 1.40. The minimum atomic E-state index is 0.620. The molecule has 6 aromatic rings. The fourth-order valence-electron chi connectivity index (χ4n) is 3.77. The molecule has 0 bridgehead atoms. The molecule has 0 amide bonds. The van der Waals surface area contributed by atoms with E-state index in [4.69, 9.17) is 14.7 Å². The molecular weight excluding hydrogens is 402 g/mol. The van der Waals surface area contributed by atoms with Gasteiger partial charge in [0.2, 0.25) is 0 Å². The zero-order chi connectivity index (χ0) is 21.5. The Morgan fingerprint density at radius 3 is 2.69 bits per heavy atom. The molecule has 154 valence electrons. The van der Waals surface area contributed by atoms with Crippen LogP contribution in [0.25, 0.3) is 56.1 Å². The highest BCUT2D eigenvalue weighted by molar-refractivity contribution is 5.95. The molecule has 5 aromatic heterocycles. The number of nitrogens with zero attached hydrogens (tertiary/aromatic N) is 5. The van der Waals surface area contributed by atoms with Gasteiger partial charge in [-0.15, -0.1) is 0 Å². The van der Waals surface area contributed by atoms with Crippen molar-refractivity contribution in [1.29, 1.82) is 0 Å². The molecule has 8 nitrogen and oxygen atoms in total. The van der Waals surface area contributed by atoms with Crippen LogP contribution in [0.5, 0.6) is 5.75 Å². The first kappa shape index (κ1) is 18.2. The number of pyridine rings is 3. The van der Waals surface area contributed by atoms with Gasteiger partial charge >= 0.3 is 0 Å². The number of ether oxygens (including phenoxy) is 1. The number of hydrogen-bond donors (Lipinski definition) is 2. The Kier molecular flexibility index (Phi) is 4.14. The number of hydrogen-bond acceptors (Lipinski definition) is 6. The summed E-state index contributed by atoms with van der Waals surface area (Å²) in [5.41, 5.74) is 7.28. The lowest BCUT2D eigenvalue weighted by atomic mass is 10.1. The van der Waals surface area contributed by atoms with Gasteiger partial charge in [-0.3, -0.25) is 15.1 Å². The van der Waals surface area contributed by atoms with Crippen molar-refractivity contribution < 1.29 is 4.74 Å². The van der Waals surface area contributed by atoms with Gasteiger partial charge < -0.3 is 9.72 Å². The summed E-state index contributed by atoms with van der Waals surface area (Å²) >= 11 is 0. The van der Waals surface area contributed by atoms with E-state index in [2.05, 4.69) is 25.1 Å². The van der Waals surface area contributed by atoms with Crippen LogP contribution in [0.2, 0.25) is 0 Å². The first-order chi connectivity index (χ1) is 15.8. The molecule has 5 heterocycles. The molecule has 0 radical (unpaired) electrons. The maximum absolute atomic E-state index is 5.37. The number of aromatic amines is 2. The molecule has 32 heavy (non-hydrogen) atoms. The smallest absolute Gasteiger partial charge is 0.161 e. The highest BCUT2D eigenvalue weighted by Crippen LogP contribution is 2.32. The average Bonchev–Trinajstić information content (AvgIpc) is 3.48. The molecule has 0 spiro atoms. The molecule has 0 atom stereocenters. The number of benzene rings is 1. The Hall–Kier alpha value is -4.59. The van der Waals surface area contributed by atoms with Gasteiger partial charge in [0.05, 0.1) is 41.2 Å². The molecular formula is C24H17N7O. The molecule has 8 heteroatoms. The van der Waals surface area contributed by atoms with Gasteiger partial charge in [-0.05, 0) is 42.0 Å². The van der Waals surface area contributed by atoms with Crippen molar-refractivity contribution in [3.8, 4) is 39.8 Å². The summed E-state index contributed by atoms with van der Waals surface area (Å²) in [5, 5.41) is 7.53. The molecule has 0 aliphatic heterocycles. The van der Waals surface area contributed by atoms with Crippen molar-refractivity contribution in [2.24, 2.45) is 0 Å². The van der Waals surface area contributed by atoms with Gasteiger partial charge in [-0.1, -0.05) is 18.2 Å². The summed E-state index contributed by atoms with van der Waals surface area (Å²) in [6, 6.07) is 17.5. The van der Waals surface area contributed by atoms with E-state index in [1.165, 1.54) is 0 Å². The third-order valence-corrected chi connectivity index (χ3v) is 5.33. The van der Waals surface area contributed by atoms with Gasteiger partial charge in [-0.25, -0.2) is 9.97 Å². The number of methoxy groups -OCH3 is 1. The van der Waals surface area contributed by atoms with E-state index < -0.39 is 0 Å². The lowest BCUT2D eigenvalue weighted by molar-refractivity contribution is 0.415. The Labute approximate surface area is 182 Å². The highest BCUT2D eigenvalue weighted by Gasteiger charge is 2.17. The SMILES string of the molecule is COc1cccc(-c2cncc3[nH]c(-c4n[nH]c5ccc(-c6ccccn6)nc45)nc23)c1. The van der Waals surface area contributed by atoms with Gasteiger partial charge in [0, 0.05) is 18.0 Å². The van der Waals surface area contributed by atoms with Crippen LogP contribution >= 0.6 is 0 Å². The van der Waals surface area contributed by atoms with E-state index >= 15 is 0 Å². The maximum Gasteiger partial charge on any atom is 0.161 e. The van der Waals surface area contributed by atoms with Crippen molar-refractivity contribution in [3.63, 3.8) is 0 Å². The van der Waals surface area contributed by atoms with E-state index in [1.807, 2.05) is 60.8 Å². The lowest BCUT2D eigenvalue weighted by Gasteiger charge is -2.04. The monoisotopic (exact) mass is 419 g/mol. The normalized spacial score (nSPS) is 11.3. The summed E-state index contributed by atoms with van der Waals surface area (Å²) in [6.45, 7) is 0. The summed E-state index contributed by atoms with van der Waals surface area (Å²) in [4.78, 5) is 21.8. The van der Waals surface area contributed by atoms with Gasteiger partial charge in [0.15, 0.2) is 11.5 Å². The second-order valence-electron chi connectivity index (χ2n) is 7.28. The third kappa shape index (κ3) is 2.97. The minimum Gasteiger partial charge on any atom is -0.497 e. The standard InChI is InChI=1S/C24H17N7O/c1-32-15-6-4-5-14(11-15)16-12-25-13-20-21(16)29-24(28-20)23-22-19(30-31-23)9-8-18(27-22)17-7-2-3-10-26-17/h2-13H,1H3,(H,28,29)(H,30,31). The first-order valence-electron chi connectivity index (χ1n) is 10.1. The van der Waals surface area contributed by atoms with Crippen LogP contribution in [-0.2, 0) is 0 Å². The van der Waals surface area contributed by atoms with Gasteiger partial charge in [-0.2, -0.15) is 5.10 Å². The van der Waals surface area contributed by atoms with E-state index in [-0.39, 0.29) is 0 Å². The largest absolute Gasteiger partial charge is 0.497 e. The van der Waals surface area contributed by atoms with E-state index in [1.54, 1.807) is 19.5 Å². The Bertz CT molecular complexity index is 1570. The molecule has 0 fully saturated rings. The van der Waals surface area contributed by atoms with Crippen LogP contribution in [-0.4, -0.2) is 42.2 Å². The molecule has 0 saturated heterocycles. The van der Waals surface area contributed by atoms with Crippen molar-refractivity contribution in [2.45, 2.75) is 0 Å². The van der Waals surface area contributed by atoms with Crippen LogP contribution in [0, 0.1) is 0 Å². The molecule has 0 aliphatic carbocycles. The second-order valence-corrected chi connectivity index (χ2v) is 7.28. The predicted molar refractivity (Wildman–Crippen MR) is 122 cm³/mol. The van der Waals surface area contributed by atoms with Crippen LogP contribution in [0.1, 0.15) is 0 Å². The van der Waals surface area contributed by atoms with Gasteiger partial charge in [0.1, 0.15) is 11.3 Å². The van der Waals surface area contributed by atoms with Crippen LogP contribution in [0.15, 0.2) is 73.2 Å². The van der Waals surface area contributed by atoms with E-state index in [0.29, 0.717) is 11.5 Å². The Morgan fingerprint density at radius 1 is 0.844 bits per heavy atom. The zero-order valence-corrected chi connectivity index (χ0v) is 17.1. The van der Waals surface area contributed by atoms with Crippen molar-refractivity contribution >= 4 is 22.1 Å². The minimum absolute atomic E-state index is 0.620.